The summed E-state index contributed by atoms with van der Waals surface area (Å²) in [6.45, 7) is 6.85. The van der Waals surface area contributed by atoms with Crippen LogP contribution in [0.5, 0.6) is 0 Å². The van der Waals surface area contributed by atoms with Crippen molar-refractivity contribution in [2.75, 3.05) is 44.4 Å². The van der Waals surface area contributed by atoms with Gasteiger partial charge in [-0.1, -0.05) is 28.9 Å². The van der Waals surface area contributed by atoms with Crippen LogP contribution in [0, 0.1) is 12.8 Å². The quantitative estimate of drug-likeness (QED) is 0.677. The van der Waals surface area contributed by atoms with Crippen molar-refractivity contribution in [3.05, 3.63) is 35.4 Å². The highest BCUT2D eigenvalue weighted by Gasteiger charge is 2.36. The first-order chi connectivity index (χ1) is 15.2. The maximum absolute atomic E-state index is 13.2. The predicted molar refractivity (Wildman–Crippen MR) is 117 cm³/mol. The van der Waals surface area contributed by atoms with E-state index in [0.29, 0.717) is 26.3 Å². The molecule has 3 fully saturated rings. The van der Waals surface area contributed by atoms with Gasteiger partial charge in [-0.15, -0.1) is 0 Å². The summed E-state index contributed by atoms with van der Waals surface area (Å²) in [4.78, 5) is 17.4. The third-order valence-corrected chi connectivity index (χ3v) is 6.39. The Morgan fingerprint density at radius 3 is 2.74 bits per heavy atom. The number of benzene rings is 1. The zero-order valence-electron chi connectivity index (χ0n) is 18.2. The number of nitrogens with zero attached hydrogens (tertiary/aromatic N) is 3. The van der Waals surface area contributed by atoms with Gasteiger partial charge in [0.2, 0.25) is 11.8 Å². The fourth-order valence-corrected chi connectivity index (χ4v) is 4.52. The molecular weight excluding hydrogens is 394 g/mol. The van der Waals surface area contributed by atoms with Crippen molar-refractivity contribution in [3.63, 3.8) is 0 Å². The third-order valence-electron chi connectivity index (χ3n) is 6.39. The van der Waals surface area contributed by atoms with Crippen molar-refractivity contribution in [2.45, 2.75) is 45.3 Å². The highest BCUT2D eigenvalue weighted by molar-refractivity contribution is 5.81. The largest absolute Gasteiger partial charge is 0.378 e. The van der Waals surface area contributed by atoms with Crippen LogP contribution in [-0.2, 0) is 20.8 Å². The van der Waals surface area contributed by atoms with Crippen LogP contribution < -0.4 is 4.90 Å². The smallest absolute Gasteiger partial charge is 0.233 e. The summed E-state index contributed by atoms with van der Waals surface area (Å²) in [6, 6.07) is 8.30. The molecule has 3 aliphatic rings. The van der Waals surface area contributed by atoms with Crippen molar-refractivity contribution in [1.29, 1.82) is 0 Å². The summed E-state index contributed by atoms with van der Waals surface area (Å²) in [5.41, 5.74) is 4.00. The van der Waals surface area contributed by atoms with Crippen molar-refractivity contribution in [3.8, 4) is 11.3 Å². The normalized spacial score (nSPS) is 21.5. The monoisotopic (exact) mass is 425 g/mol. The maximum Gasteiger partial charge on any atom is 0.233 e. The number of carbonyl (C=O) groups is 1. The average Bonchev–Trinajstić information content (AvgIpc) is 3.35. The summed E-state index contributed by atoms with van der Waals surface area (Å²) in [7, 11) is 0. The molecular formula is C24H31N3O4. The Balaban J connectivity index is 1.49. The van der Waals surface area contributed by atoms with Crippen molar-refractivity contribution in [1.82, 2.24) is 10.1 Å². The van der Waals surface area contributed by atoms with Crippen LogP contribution in [0.2, 0.25) is 0 Å². The molecule has 166 valence electrons. The number of rotatable bonds is 7. The Kier molecular flexibility index (Phi) is 5.96. The highest BCUT2D eigenvalue weighted by Crippen LogP contribution is 2.36. The van der Waals surface area contributed by atoms with Crippen molar-refractivity contribution >= 4 is 11.8 Å². The molecule has 0 radical (unpaired) electrons. The van der Waals surface area contributed by atoms with Gasteiger partial charge in [0.15, 0.2) is 0 Å². The summed E-state index contributed by atoms with van der Waals surface area (Å²) < 4.78 is 17.3. The second kappa shape index (κ2) is 9.01. The molecule has 1 atom stereocenters. The van der Waals surface area contributed by atoms with Gasteiger partial charge in [-0.25, -0.2) is 0 Å². The van der Waals surface area contributed by atoms with E-state index in [4.69, 9.17) is 14.0 Å². The molecule has 7 heteroatoms. The molecule has 1 aromatic heterocycles. The Morgan fingerprint density at radius 1 is 1.19 bits per heavy atom. The fourth-order valence-electron chi connectivity index (χ4n) is 4.52. The van der Waals surface area contributed by atoms with Gasteiger partial charge < -0.3 is 23.8 Å². The molecule has 2 aromatic rings. The molecule has 0 bridgehead atoms. The summed E-state index contributed by atoms with van der Waals surface area (Å²) >= 11 is 0. The number of aromatic nitrogens is 1. The van der Waals surface area contributed by atoms with Gasteiger partial charge in [-0.05, 0) is 38.7 Å². The number of anilines is 1. The third kappa shape index (κ3) is 4.62. The lowest BCUT2D eigenvalue weighted by atomic mass is 10.0. The summed E-state index contributed by atoms with van der Waals surface area (Å²) in [6.07, 6.45) is 4.18. The minimum Gasteiger partial charge on any atom is -0.378 e. The van der Waals surface area contributed by atoms with Crippen LogP contribution in [0.25, 0.3) is 11.3 Å². The van der Waals surface area contributed by atoms with Gasteiger partial charge in [-0.2, -0.15) is 0 Å². The van der Waals surface area contributed by atoms with E-state index in [0.717, 1.165) is 68.1 Å². The molecule has 1 aromatic carbocycles. The Hall–Kier alpha value is -2.38. The average molecular weight is 426 g/mol. The summed E-state index contributed by atoms with van der Waals surface area (Å²) in [5.74, 6) is 1.16. The molecule has 1 saturated carbocycles. The van der Waals surface area contributed by atoms with Crippen LogP contribution in [0.3, 0.4) is 0 Å². The minimum atomic E-state index is 0.122. The molecule has 2 aliphatic heterocycles. The number of carbonyl (C=O) groups excluding carboxylic acids is 1. The van der Waals surface area contributed by atoms with Gasteiger partial charge in [0, 0.05) is 37.7 Å². The molecule has 5 rings (SSSR count). The van der Waals surface area contributed by atoms with E-state index in [9.17, 15) is 4.79 Å². The minimum absolute atomic E-state index is 0.122. The predicted octanol–water partition coefficient (Wildman–Crippen LogP) is 3.40. The SMILES string of the molecule is Cc1cccc(-c2noc(N3CCOCC3)c2CN(CC2CCCO2)C(=O)C2CC2)c1. The zero-order valence-corrected chi connectivity index (χ0v) is 18.2. The standard InChI is InChI=1S/C24H31N3O4/c1-17-4-2-5-19(14-17)22-21(24(31-25-22)26-9-12-29-13-10-26)16-27(23(28)18-7-8-18)15-20-6-3-11-30-20/h2,4-5,14,18,20H,3,6-13,15-16H2,1H3. The number of aryl methyl sites for hydroxylation is 1. The van der Waals surface area contributed by atoms with E-state index in [1.54, 1.807) is 0 Å². The topological polar surface area (TPSA) is 68.0 Å². The number of ether oxygens (including phenoxy) is 2. The molecule has 0 N–H and O–H groups in total. The second-order valence-corrected chi connectivity index (χ2v) is 8.91. The van der Waals surface area contributed by atoms with Gasteiger partial charge >= 0.3 is 0 Å². The first kappa shape index (κ1) is 20.5. The van der Waals surface area contributed by atoms with Crippen LogP contribution >= 0.6 is 0 Å². The van der Waals surface area contributed by atoms with E-state index in [1.165, 1.54) is 5.56 Å². The fraction of sp³-hybridized carbons (Fsp3) is 0.583. The van der Waals surface area contributed by atoms with Crippen LogP contribution in [0.4, 0.5) is 5.88 Å². The van der Waals surface area contributed by atoms with Crippen LogP contribution in [-0.4, -0.2) is 61.5 Å². The highest BCUT2D eigenvalue weighted by atomic mass is 16.5. The van der Waals surface area contributed by atoms with E-state index in [1.807, 2.05) is 11.0 Å². The summed E-state index contributed by atoms with van der Waals surface area (Å²) in [5, 5.41) is 4.48. The van der Waals surface area contributed by atoms with E-state index in [-0.39, 0.29) is 17.9 Å². The molecule has 2 saturated heterocycles. The molecule has 1 unspecified atom stereocenters. The number of morpholine rings is 1. The number of hydrogen-bond acceptors (Lipinski definition) is 6. The molecule has 1 amide bonds. The van der Waals surface area contributed by atoms with Gasteiger partial charge in [0.05, 0.1) is 31.4 Å². The second-order valence-electron chi connectivity index (χ2n) is 8.91. The molecule has 31 heavy (non-hydrogen) atoms. The maximum atomic E-state index is 13.2. The first-order valence-corrected chi connectivity index (χ1v) is 11.5. The van der Waals surface area contributed by atoms with E-state index in [2.05, 4.69) is 35.2 Å². The Labute approximate surface area is 183 Å². The lowest BCUT2D eigenvalue weighted by Gasteiger charge is -2.29. The first-order valence-electron chi connectivity index (χ1n) is 11.5. The van der Waals surface area contributed by atoms with E-state index < -0.39 is 0 Å². The lowest BCUT2D eigenvalue weighted by Crippen LogP contribution is -2.39. The van der Waals surface area contributed by atoms with E-state index >= 15 is 0 Å². The number of amides is 1. The molecule has 0 spiro atoms. The molecule has 1 aliphatic carbocycles. The van der Waals surface area contributed by atoms with Gasteiger partial charge in [0.1, 0.15) is 5.69 Å². The zero-order chi connectivity index (χ0) is 21.2. The van der Waals surface area contributed by atoms with Crippen molar-refractivity contribution in [2.24, 2.45) is 5.92 Å². The lowest BCUT2D eigenvalue weighted by molar-refractivity contribution is -0.134. The molecule has 7 nitrogen and oxygen atoms in total. The molecule has 3 heterocycles. The van der Waals surface area contributed by atoms with Gasteiger partial charge in [-0.3, -0.25) is 4.79 Å². The van der Waals surface area contributed by atoms with Crippen LogP contribution in [0.1, 0.15) is 36.8 Å². The number of hydrogen-bond donors (Lipinski definition) is 0. The van der Waals surface area contributed by atoms with Crippen LogP contribution in [0.15, 0.2) is 28.8 Å². The Bertz CT molecular complexity index is 911. The van der Waals surface area contributed by atoms with Gasteiger partial charge in [0.25, 0.3) is 0 Å². The Morgan fingerprint density at radius 2 is 2.03 bits per heavy atom. The van der Waals surface area contributed by atoms with Crippen molar-refractivity contribution < 1.29 is 18.8 Å².